The van der Waals surface area contributed by atoms with Gasteiger partial charge in [-0.1, -0.05) is 47.7 Å². The van der Waals surface area contributed by atoms with Gasteiger partial charge in [0.15, 0.2) is 0 Å². The molecule has 4 aromatic rings. The first-order valence-electron chi connectivity index (χ1n) is 13.2. The van der Waals surface area contributed by atoms with Gasteiger partial charge in [0.2, 0.25) is 0 Å². The number of aryl methyl sites for hydroxylation is 2. The number of ether oxygens (including phenoxy) is 1. The zero-order valence-electron chi connectivity index (χ0n) is 21.6. The molecule has 1 aromatic heterocycles. The van der Waals surface area contributed by atoms with Crippen LogP contribution >= 0.6 is 0 Å². The molecule has 38 heavy (non-hydrogen) atoms. The topological polar surface area (TPSA) is 98.1 Å². The zero-order valence-corrected chi connectivity index (χ0v) is 21.6. The summed E-state index contributed by atoms with van der Waals surface area (Å²) in [6, 6.07) is 22.2. The summed E-state index contributed by atoms with van der Waals surface area (Å²) in [5, 5.41) is 14.8. The largest absolute Gasteiger partial charge is 0.446 e. The number of benzene rings is 3. The molecule has 0 spiro atoms. The lowest BCUT2D eigenvalue weighted by Crippen LogP contribution is -2.34. The fourth-order valence-electron chi connectivity index (χ4n) is 5.14. The Labute approximate surface area is 222 Å². The SMILES string of the molecule is CN[C@H]1CC[C@H](OC(=O)Nc2cc(CCCn3nnc4cc(C=O)ccc43)ccc2-c2ccccc2)CC1. The van der Waals surface area contributed by atoms with Crippen molar-refractivity contribution in [2.24, 2.45) is 0 Å². The summed E-state index contributed by atoms with van der Waals surface area (Å²) in [5.41, 5.74) is 6.06. The maximum atomic E-state index is 12.9. The summed E-state index contributed by atoms with van der Waals surface area (Å²) in [6.45, 7) is 0.692. The maximum absolute atomic E-state index is 12.9. The molecule has 1 fully saturated rings. The molecule has 3 aromatic carbocycles. The van der Waals surface area contributed by atoms with E-state index < -0.39 is 6.09 Å². The van der Waals surface area contributed by atoms with Crippen molar-refractivity contribution in [3.8, 4) is 11.1 Å². The van der Waals surface area contributed by atoms with Gasteiger partial charge in [0.1, 0.15) is 17.9 Å². The second-order valence-electron chi connectivity index (χ2n) is 9.82. The van der Waals surface area contributed by atoms with Gasteiger partial charge in [-0.25, -0.2) is 9.48 Å². The Morgan fingerprint density at radius 3 is 2.63 bits per heavy atom. The number of rotatable bonds is 9. The fraction of sp³-hybridized carbons (Fsp3) is 0.333. The van der Waals surface area contributed by atoms with Gasteiger partial charge in [-0.15, -0.1) is 5.10 Å². The number of carbonyl (C=O) groups excluding carboxylic acids is 2. The monoisotopic (exact) mass is 511 g/mol. The van der Waals surface area contributed by atoms with Crippen LogP contribution in [0.4, 0.5) is 10.5 Å². The minimum absolute atomic E-state index is 0.0527. The molecule has 5 rings (SSSR count). The Morgan fingerprint density at radius 1 is 1.05 bits per heavy atom. The van der Waals surface area contributed by atoms with E-state index in [9.17, 15) is 9.59 Å². The van der Waals surface area contributed by atoms with Crippen molar-refractivity contribution < 1.29 is 14.3 Å². The molecular formula is C30H33N5O3. The van der Waals surface area contributed by atoms with Gasteiger partial charge in [-0.2, -0.15) is 0 Å². The smallest absolute Gasteiger partial charge is 0.411 e. The summed E-state index contributed by atoms with van der Waals surface area (Å²) < 4.78 is 7.65. The molecule has 0 saturated heterocycles. The lowest BCUT2D eigenvalue weighted by molar-refractivity contribution is 0.0800. The number of nitrogens with zero attached hydrogens (tertiary/aromatic N) is 3. The summed E-state index contributed by atoms with van der Waals surface area (Å²) in [5.74, 6) is 0. The number of hydrogen-bond acceptors (Lipinski definition) is 6. The van der Waals surface area contributed by atoms with Crippen molar-refractivity contribution >= 4 is 29.1 Å². The average molecular weight is 512 g/mol. The number of fused-ring (bicyclic) bond motifs is 1. The second kappa shape index (κ2) is 12.0. The lowest BCUT2D eigenvalue weighted by Gasteiger charge is -2.28. The number of nitrogens with one attached hydrogen (secondary N) is 2. The van der Waals surface area contributed by atoms with Gasteiger partial charge < -0.3 is 10.1 Å². The van der Waals surface area contributed by atoms with Crippen molar-refractivity contribution in [1.29, 1.82) is 0 Å². The first-order chi connectivity index (χ1) is 18.6. The van der Waals surface area contributed by atoms with E-state index in [2.05, 4.69) is 33.1 Å². The van der Waals surface area contributed by atoms with Crippen LogP contribution in [0.15, 0.2) is 66.7 Å². The number of amides is 1. The Morgan fingerprint density at radius 2 is 1.87 bits per heavy atom. The van der Waals surface area contributed by atoms with Gasteiger partial charge in [-0.05, 0) is 81.0 Å². The van der Waals surface area contributed by atoms with Crippen molar-refractivity contribution in [1.82, 2.24) is 20.3 Å². The van der Waals surface area contributed by atoms with Crippen LogP contribution in [0.2, 0.25) is 0 Å². The van der Waals surface area contributed by atoms with Crippen molar-refractivity contribution in [3.05, 3.63) is 77.9 Å². The van der Waals surface area contributed by atoms with Crippen LogP contribution in [-0.4, -0.2) is 46.6 Å². The maximum Gasteiger partial charge on any atom is 0.411 e. The van der Waals surface area contributed by atoms with Gasteiger partial charge in [0, 0.05) is 23.7 Å². The molecule has 1 aliphatic rings. The van der Waals surface area contributed by atoms with Crippen molar-refractivity contribution in [2.75, 3.05) is 12.4 Å². The number of aldehydes is 1. The average Bonchev–Trinajstić information content (AvgIpc) is 3.36. The summed E-state index contributed by atoms with van der Waals surface area (Å²) >= 11 is 0. The summed E-state index contributed by atoms with van der Waals surface area (Å²) in [6.07, 6.45) is 5.77. The van der Waals surface area contributed by atoms with Gasteiger partial charge in [0.25, 0.3) is 0 Å². The van der Waals surface area contributed by atoms with E-state index in [1.807, 2.05) is 54.2 Å². The minimum Gasteiger partial charge on any atom is -0.446 e. The highest BCUT2D eigenvalue weighted by Gasteiger charge is 2.23. The van der Waals surface area contributed by atoms with Crippen LogP contribution in [0.3, 0.4) is 0 Å². The molecule has 0 unspecified atom stereocenters. The molecule has 8 heteroatoms. The van der Waals surface area contributed by atoms with Gasteiger partial charge in [0.05, 0.1) is 11.2 Å². The normalized spacial score (nSPS) is 17.3. The van der Waals surface area contributed by atoms with E-state index in [0.29, 0.717) is 23.7 Å². The Bertz CT molecular complexity index is 1390. The van der Waals surface area contributed by atoms with Gasteiger partial charge in [-0.3, -0.25) is 10.1 Å². The third-order valence-electron chi connectivity index (χ3n) is 7.27. The molecule has 1 saturated carbocycles. The van der Waals surface area contributed by atoms with Crippen LogP contribution in [0.1, 0.15) is 48.0 Å². The molecule has 0 bridgehead atoms. The highest BCUT2D eigenvalue weighted by molar-refractivity contribution is 5.92. The van der Waals surface area contributed by atoms with E-state index in [4.69, 9.17) is 4.74 Å². The number of carbonyl (C=O) groups is 2. The van der Waals surface area contributed by atoms with Gasteiger partial charge >= 0.3 is 6.09 Å². The van der Waals surface area contributed by atoms with Crippen molar-refractivity contribution in [3.63, 3.8) is 0 Å². The number of anilines is 1. The summed E-state index contributed by atoms with van der Waals surface area (Å²) in [7, 11) is 1.98. The lowest BCUT2D eigenvalue weighted by atomic mass is 9.93. The van der Waals surface area contributed by atoms with E-state index in [0.717, 1.165) is 72.7 Å². The molecule has 0 radical (unpaired) electrons. The van der Waals surface area contributed by atoms with Crippen LogP contribution in [-0.2, 0) is 17.7 Å². The Balaban J connectivity index is 1.27. The van der Waals surface area contributed by atoms with E-state index >= 15 is 0 Å². The number of hydrogen-bond donors (Lipinski definition) is 2. The molecule has 2 N–H and O–H groups in total. The molecule has 8 nitrogen and oxygen atoms in total. The molecule has 1 amide bonds. The molecule has 1 heterocycles. The first-order valence-corrected chi connectivity index (χ1v) is 13.2. The molecule has 0 aliphatic heterocycles. The predicted octanol–water partition coefficient (Wildman–Crippen LogP) is 5.62. The molecule has 0 atom stereocenters. The van der Waals surface area contributed by atoms with Crippen molar-refractivity contribution in [2.45, 2.75) is 57.2 Å². The van der Waals surface area contributed by atoms with Crippen LogP contribution < -0.4 is 10.6 Å². The Hall–Kier alpha value is -4.04. The zero-order chi connectivity index (χ0) is 26.3. The highest BCUT2D eigenvalue weighted by Crippen LogP contribution is 2.30. The third kappa shape index (κ3) is 6.08. The predicted molar refractivity (Wildman–Crippen MR) is 148 cm³/mol. The van der Waals surface area contributed by atoms with Crippen LogP contribution in [0, 0.1) is 0 Å². The summed E-state index contributed by atoms with van der Waals surface area (Å²) in [4.78, 5) is 23.9. The number of aromatic nitrogens is 3. The fourth-order valence-corrected chi connectivity index (χ4v) is 5.14. The third-order valence-corrected chi connectivity index (χ3v) is 7.27. The Kier molecular flexibility index (Phi) is 8.09. The van der Waals surface area contributed by atoms with Crippen LogP contribution in [0.25, 0.3) is 22.2 Å². The second-order valence-corrected chi connectivity index (χ2v) is 9.82. The molecular weight excluding hydrogens is 478 g/mol. The van der Waals surface area contributed by atoms with Crippen LogP contribution in [0.5, 0.6) is 0 Å². The quantitative estimate of drug-likeness (QED) is 0.283. The van der Waals surface area contributed by atoms with E-state index in [1.165, 1.54) is 0 Å². The van der Waals surface area contributed by atoms with E-state index in [-0.39, 0.29) is 6.10 Å². The standard InChI is InChI=1S/C30H33N5O3/c1-31-24-11-13-25(14-12-24)38-30(37)32-27-18-21(9-15-26(27)23-7-3-2-4-8-23)6-5-17-35-29-16-10-22(20-36)19-28(29)33-34-35/h2-4,7-10,15-16,18-20,24-25,31H,5-6,11-14,17H2,1H3,(H,32,37)/t24-,25-. The highest BCUT2D eigenvalue weighted by atomic mass is 16.6. The minimum atomic E-state index is -0.406. The molecule has 1 aliphatic carbocycles. The van der Waals surface area contributed by atoms with E-state index in [1.54, 1.807) is 12.1 Å². The first kappa shape index (κ1) is 25.6. The molecule has 196 valence electrons.